The Morgan fingerprint density at radius 1 is 0.564 bits per heavy atom. The number of nitriles is 1. The molecule has 0 spiro atoms. The monoisotopic (exact) mass is 1080 g/mol. The van der Waals surface area contributed by atoms with Crippen LogP contribution in [0.5, 0.6) is 0 Å². The Morgan fingerprint density at radius 2 is 1.00 bits per heavy atom. The Morgan fingerprint density at radius 3 is 1.42 bits per heavy atom. The first-order valence-electron chi connectivity index (χ1n) is 26.1. The molecular formula is C65H66N4O7S2. The zero-order valence-electron chi connectivity index (χ0n) is 43.7. The number of carboxylic acid groups (broad SMARTS) is 1. The van der Waals surface area contributed by atoms with Crippen LogP contribution in [0.15, 0.2) is 218 Å². The summed E-state index contributed by atoms with van der Waals surface area (Å²) in [6.07, 6.45) is 0.290. The van der Waals surface area contributed by atoms with Gasteiger partial charge in [0.25, 0.3) is 0 Å². The van der Waals surface area contributed by atoms with Gasteiger partial charge in [-0.1, -0.05) is 220 Å². The fraction of sp³-hybridized carbons (Fsp3) is 0.246. The fourth-order valence-electron chi connectivity index (χ4n) is 9.74. The van der Waals surface area contributed by atoms with E-state index in [1.807, 2.05) is 152 Å². The third-order valence-corrected chi connectivity index (χ3v) is 16.7. The third-order valence-electron chi connectivity index (χ3n) is 13.5. The van der Waals surface area contributed by atoms with Crippen LogP contribution in [0.2, 0.25) is 0 Å². The first-order valence-corrected chi connectivity index (χ1v) is 28.1. The molecule has 0 unspecified atom stereocenters. The van der Waals surface area contributed by atoms with Crippen molar-refractivity contribution < 1.29 is 34.5 Å². The summed E-state index contributed by atoms with van der Waals surface area (Å²) in [5.41, 5.74) is 7.02. The van der Waals surface area contributed by atoms with Crippen LogP contribution in [0.4, 0.5) is 0 Å². The topological polar surface area (TPSA) is 189 Å². The minimum Gasteiger partial charge on any atom is -0.481 e. The average molecular weight is 1080 g/mol. The van der Waals surface area contributed by atoms with Crippen molar-refractivity contribution in [3.05, 3.63) is 263 Å². The summed E-state index contributed by atoms with van der Waals surface area (Å²) in [5, 5.41) is 50.4. The molecule has 0 saturated heterocycles. The molecule has 0 aliphatic heterocycles. The molecule has 13 heteroatoms. The van der Waals surface area contributed by atoms with E-state index in [1.165, 1.54) is 11.8 Å². The van der Waals surface area contributed by atoms with Crippen molar-refractivity contribution in [2.45, 2.75) is 79.4 Å². The summed E-state index contributed by atoms with van der Waals surface area (Å²) in [5.74, 6) is -3.04. The minimum atomic E-state index is -1.45. The Balaban J connectivity index is 1.14. The number of hydrogen-bond donors (Lipinski definition) is 6. The Bertz CT molecular complexity index is 2900. The number of carbonyl (C=O) groups is 4. The largest absolute Gasteiger partial charge is 0.481 e. The van der Waals surface area contributed by atoms with Gasteiger partial charge in [0.15, 0.2) is 0 Å². The number of allylic oxidation sites excluding steroid dienone is 1. The molecule has 11 nitrogen and oxygen atoms in total. The quantitative estimate of drug-likeness (QED) is 0.0164. The molecule has 7 rings (SSSR count). The maximum Gasteiger partial charge on any atom is 0.306 e. The molecule has 0 aliphatic rings. The molecule has 6 N–H and O–H groups in total. The van der Waals surface area contributed by atoms with Crippen molar-refractivity contribution >= 4 is 47.2 Å². The van der Waals surface area contributed by atoms with Crippen LogP contribution in [0, 0.1) is 17.2 Å². The lowest BCUT2D eigenvalue weighted by Gasteiger charge is -2.37. The van der Waals surface area contributed by atoms with Gasteiger partial charge in [-0.3, -0.25) is 19.2 Å². The lowest BCUT2D eigenvalue weighted by atomic mass is 9.84. The maximum absolute atomic E-state index is 14.9. The number of hydrogen-bond acceptors (Lipinski definition) is 9. The third kappa shape index (κ3) is 15.1. The van der Waals surface area contributed by atoms with Crippen molar-refractivity contribution in [1.29, 1.82) is 5.26 Å². The first-order chi connectivity index (χ1) is 37.8. The van der Waals surface area contributed by atoms with Gasteiger partial charge in [-0.2, -0.15) is 5.26 Å². The van der Waals surface area contributed by atoms with Crippen molar-refractivity contribution in [1.82, 2.24) is 16.0 Å². The second-order valence-electron chi connectivity index (χ2n) is 19.3. The number of benzene rings is 7. The number of nitrogens with zero attached hydrogens (tertiary/aromatic N) is 1. The van der Waals surface area contributed by atoms with Crippen LogP contribution in [0.3, 0.4) is 0 Å². The van der Waals surface area contributed by atoms with Crippen LogP contribution in [-0.2, 0) is 35.1 Å². The van der Waals surface area contributed by atoms with Gasteiger partial charge < -0.3 is 31.3 Å². The van der Waals surface area contributed by atoms with Crippen LogP contribution < -0.4 is 16.0 Å². The van der Waals surface area contributed by atoms with Crippen LogP contribution in [-0.4, -0.2) is 80.8 Å². The summed E-state index contributed by atoms with van der Waals surface area (Å²) in [4.78, 5) is 55.5. The summed E-state index contributed by atoms with van der Waals surface area (Å²) in [6.45, 7) is 3.50. The Kier molecular flexibility index (Phi) is 21.2. The predicted molar refractivity (Wildman–Crippen MR) is 311 cm³/mol. The highest BCUT2D eigenvalue weighted by Gasteiger charge is 2.40. The van der Waals surface area contributed by atoms with Gasteiger partial charge in [0.2, 0.25) is 17.7 Å². The summed E-state index contributed by atoms with van der Waals surface area (Å²) < 4.78 is -1.45. The smallest absolute Gasteiger partial charge is 0.306 e. The zero-order chi connectivity index (χ0) is 55.3. The fourth-order valence-corrected chi connectivity index (χ4v) is 12.8. The van der Waals surface area contributed by atoms with E-state index >= 15 is 0 Å². The molecule has 7 aromatic rings. The zero-order valence-corrected chi connectivity index (χ0v) is 45.4. The van der Waals surface area contributed by atoms with E-state index in [0.29, 0.717) is 23.3 Å². The number of nitrogens with one attached hydrogen (secondary N) is 3. The van der Waals surface area contributed by atoms with E-state index < -0.39 is 75.9 Å². The van der Waals surface area contributed by atoms with Gasteiger partial charge in [-0.25, -0.2) is 0 Å². The van der Waals surface area contributed by atoms with Gasteiger partial charge in [0.1, 0.15) is 12.1 Å². The second-order valence-corrected chi connectivity index (χ2v) is 21.9. The average Bonchev–Trinajstić information content (AvgIpc) is 3.54. The molecule has 0 fully saturated rings. The normalized spacial score (nSPS) is 13.6. The number of aliphatic hydroxyl groups excluding tert-OH is 2. The highest BCUT2D eigenvalue weighted by atomic mass is 32.2. The predicted octanol–water partition coefficient (Wildman–Crippen LogP) is 10.2. The lowest BCUT2D eigenvalue weighted by molar-refractivity contribution is -0.140. The molecule has 0 radical (unpaired) electrons. The molecule has 0 saturated carbocycles. The van der Waals surface area contributed by atoms with Crippen LogP contribution in [0.1, 0.15) is 77.6 Å². The second kappa shape index (κ2) is 28.6. The van der Waals surface area contributed by atoms with E-state index in [-0.39, 0.29) is 18.6 Å². The highest BCUT2D eigenvalue weighted by molar-refractivity contribution is 8.00. The number of amides is 3. The van der Waals surface area contributed by atoms with Crippen molar-refractivity contribution in [3.63, 3.8) is 0 Å². The first kappa shape index (κ1) is 58.0. The molecule has 0 aromatic heterocycles. The lowest BCUT2D eigenvalue weighted by Crippen LogP contribution is -2.58. The van der Waals surface area contributed by atoms with Gasteiger partial charge in [0, 0.05) is 12.2 Å². The standard InChI is InChI=1S/C65H66N4O7S2/c1-46(2)61(58(71)43-60(73)74)69-63(76)57(45-78-65(52-32-15-6-16-33-52,53-34-17-7-18-35-53)54-36-19-8-20-37-54)68-62(75)56(41-47-24-23-25-48(40-47)44-66)67-59(72)42-55(70)38-21-22-39-77-64(49-26-9-3-10-27-49,50-28-11-4-12-29-50)51-30-13-5-14-31-51/h3-21,23-38,40,46,55-58,61,70-71H,22,39,41-43,45H2,1-2H3,(H,67,72)(H,68,75)(H,69,76)(H,73,74)/b38-21+/t55-,56-,57-,58+,61-/m1/s1. The highest BCUT2D eigenvalue weighted by Crippen LogP contribution is 2.50. The summed E-state index contributed by atoms with van der Waals surface area (Å²) in [7, 11) is 0. The molecule has 0 heterocycles. The van der Waals surface area contributed by atoms with Crippen molar-refractivity contribution in [2.24, 2.45) is 5.92 Å². The molecule has 3 amide bonds. The summed E-state index contributed by atoms with van der Waals surface area (Å²) >= 11 is 3.20. The molecule has 0 bridgehead atoms. The minimum absolute atomic E-state index is 0.0361. The maximum atomic E-state index is 14.9. The molecule has 400 valence electrons. The summed E-state index contributed by atoms with van der Waals surface area (Å²) in [6, 6.07) is 65.7. The number of carbonyl (C=O) groups excluding carboxylic acids is 3. The SMILES string of the molecule is CC(C)[C@@H](NC(=O)[C@@H](CSC(c1ccccc1)(c1ccccc1)c1ccccc1)NC(=O)[C@@H](Cc1cccc(C#N)c1)NC(=O)C[C@H](O)/C=C/CCSC(c1ccccc1)(c1ccccc1)c1ccccc1)[C@@H](O)CC(=O)O. The van der Waals surface area contributed by atoms with E-state index in [9.17, 15) is 39.8 Å². The number of carboxylic acids is 1. The molecule has 5 atom stereocenters. The number of aliphatic hydroxyl groups is 2. The molecule has 0 aliphatic carbocycles. The van der Waals surface area contributed by atoms with E-state index in [4.69, 9.17) is 0 Å². The molecule has 7 aromatic carbocycles. The van der Waals surface area contributed by atoms with E-state index in [0.717, 1.165) is 33.4 Å². The van der Waals surface area contributed by atoms with Gasteiger partial charge in [-0.05, 0) is 69.2 Å². The van der Waals surface area contributed by atoms with Crippen molar-refractivity contribution in [3.8, 4) is 6.07 Å². The number of rotatable bonds is 27. The Hall–Kier alpha value is -7.73. The van der Waals surface area contributed by atoms with Crippen molar-refractivity contribution in [2.75, 3.05) is 11.5 Å². The van der Waals surface area contributed by atoms with Gasteiger partial charge >= 0.3 is 5.97 Å². The van der Waals surface area contributed by atoms with E-state index in [1.54, 1.807) is 56.0 Å². The van der Waals surface area contributed by atoms with Gasteiger partial charge in [0.05, 0.1) is 52.2 Å². The molecular weight excluding hydrogens is 1010 g/mol. The Labute approximate surface area is 466 Å². The number of aliphatic carboxylic acids is 1. The van der Waals surface area contributed by atoms with Crippen LogP contribution in [0.25, 0.3) is 0 Å². The molecule has 78 heavy (non-hydrogen) atoms. The van der Waals surface area contributed by atoms with E-state index in [2.05, 4.69) is 58.4 Å². The van der Waals surface area contributed by atoms with Gasteiger partial charge in [-0.15, -0.1) is 23.5 Å². The number of thioether (sulfide) groups is 2. The van der Waals surface area contributed by atoms with Crippen LogP contribution >= 0.6 is 23.5 Å².